The number of nitriles is 1. The van der Waals surface area contributed by atoms with Crippen LogP contribution >= 0.6 is 0 Å². The van der Waals surface area contributed by atoms with Gasteiger partial charge < -0.3 is 10.2 Å². The summed E-state index contributed by atoms with van der Waals surface area (Å²) in [6.45, 7) is 1.11. The molecule has 34 heavy (non-hydrogen) atoms. The van der Waals surface area contributed by atoms with Crippen molar-refractivity contribution >= 4 is 22.0 Å². The van der Waals surface area contributed by atoms with Crippen molar-refractivity contribution in [1.29, 1.82) is 5.26 Å². The molecular weight excluding hydrogens is 468 g/mol. The number of halogens is 2. The SMILES string of the molecule is N#CC1CN(S(=O)(=O)N2CCC[C@H](C(=O)N3CCC[C@@H]3C(=O)NCc3ccc(F)c(F)c3)C2)C1. The number of benzene rings is 1. The predicted octanol–water partition coefficient (Wildman–Crippen LogP) is 0.984. The molecule has 0 aromatic heterocycles. The predicted molar refractivity (Wildman–Crippen MR) is 117 cm³/mol. The van der Waals surface area contributed by atoms with Crippen molar-refractivity contribution in [3.63, 3.8) is 0 Å². The first kappa shape index (κ1) is 24.5. The van der Waals surface area contributed by atoms with Crippen LogP contribution < -0.4 is 5.32 Å². The van der Waals surface area contributed by atoms with Gasteiger partial charge in [-0.2, -0.15) is 22.3 Å². The maximum atomic E-state index is 13.4. The number of nitrogens with one attached hydrogen (secondary N) is 1. The molecular formula is C22H27F2N5O4S. The van der Waals surface area contributed by atoms with Crippen molar-refractivity contribution in [3.05, 3.63) is 35.4 Å². The Morgan fingerprint density at radius 2 is 1.79 bits per heavy atom. The molecule has 0 bridgehead atoms. The number of nitrogens with zero attached hydrogens (tertiary/aromatic N) is 4. The van der Waals surface area contributed by atoms with Crippen LogP contribution in [0.2, 0.25) is 0 Å². The third-order valence-corrected chi connectivity index (χ3v) is 8.64. The fourth-order valence-corrected chi connectivity index (χ4v) is 6.51. The van der Waals surface area contributed by atoms with Gasteiger partial charge in [0.25, 0.3) is 10.2 Å². The van der Waals surface area contributed by atoms with Gasteiger partial charge in [0, 0.05) is 39.3 Å². The van der Waals surface area contributed by atoms with Crippen LogP contribution in [0.4, 0.5) is 8.78 Å². The van der Waals surface area contributed by atoms with E-state index in [9.17, 15) is 26.8 Å². The highest BCUT2D eigenvalue weighted by Gasteiger charge is 2.44. The molecule has 3 heterocycles. The minimum absolute atomic E-state index is 0.00351. The van der Waals surface area contributed by atoms with Crippen LogP contribution in [0.3, 0.4) is 0 Å². The minimum atomic E-state index is -3.73. The van der Waals surface area contributed by atoms with E-state index in [1.807, 2.05) is 0 Å². The Balaban J connectivity index is 1.36. The van der Waals surface area contributed by atoms with Crippen LogP contribution in [-0.4, -0.2) is 72.5 Å². The summed E-state index contributed by atoms with van der Waals surface area (Å²) in [6, 6.07) is 4.76. The van der Waals surface area contributed by atoms with E-state index in [4.69, 9.17) is 5.26 Å². The molecule has 1 N–H and O–H groups in total. The molecule has 1 aromatic rings. The lowest BCUT2D eigenvalue weighted by molar-refractivity contribution is -0.142. The van der Waals surface area contributed by atoms with Gasteiger partial charge in [-0.3, -0.25) is 9.59 Å². The van der Waals surface area contributed by atoms with E-state index < -0.39 is 33.8 Å². The molecule has 3 aliphatic rings. The zero-order chi connectivity index (χ0) is 24.5. The molecule has 2 amide bonds. The number of carbonyl (C=O) groups excluding carboxylic acids is 2. The number of amides is 2. The molecule has 9 nitrogen and oxygen atoms in total. The average molecular weight is 496 g/mol. The Morgan fingerprint density at radius 1 is 1.06 bits per heavy atom. The lowest BCUT2D eigenvalue weighted by Crippen LogP contribution is -2.57. The van der Waals surface area contributed by atoms with Crippen LogP contribution in [0, 0.1) is 34.8 Å². The molecule has 4 rings (SSSR count). The van der Waals surface area contributed by atoms with Gasteiger partial charge in [-0.1, -0.05) is 6.07 Å². The largest absolute Gasteiger partial charge is 0.350 e. The molecule has 0 saturated carbocycles. The molecule has 3 saturated heterocycles. The molecule has 0 radical (unpaired) electrons. The first-order chi connectivity index (χ1) is 16.2. The van der Waals surface area contributed by atoms with Crippen LogP contribution in [0.1, 0.15) is 31.2 Å². The number of piperidine rings is 1. The van der Waals surface area contributed by atoms with Crippen LogP contribution in [-0.2, 0) is 26.3 Å². The molecule has 1 aromatic carbocycles. The van der Waals surface area contributed by atoms with E-state index in [2.05, 4.69) is 11.4 Å². The smallest absolute Gasteiger partial charge is 0.282 e. The molecule has 0 spiro atoms. The van der Waals surface area contributed by atoms with Crippen molar-refractivity contribution in [2.75, 3.05) is 32.7 Å². The zero-order valence-corrected chi connectivity index (χ0v) is 19.4. The van der Waals surface area contributed by atoms with E-state index in [0.717, 1.165) is 12.1 Å². The highest BCUT2D eigenvalue weighted by Crippen LogP contribution is 2.29. The van der Waals surface area contributed by atoms with Gasteiger partial charge in [0.15, 0.2) is 11.6 Å². The quantitative estimate of drug-likeness (QED) is 0.632. The highest BCUT2D eigenvalue weighted by atomic mass is 32.2. The average Bonchev–Trinajstić information content (AvgIpc) is 3.28. The molecule has 0 aliphatic carbocycles. The number of rotatable bonds is 6. The van der Waals surface area contributed by atoms with E-state index in [-0.39, 0.29) is 43.9 Å². The van der Waals surface area contributed by atoms with Crippen molar-refractivity contribution < 1.29 is 26.8 Å². The van der Waals surface area contributed by atoms with Crippen molar-refractivity contribution in [1.82, 2.24) is 18.8 Å². The molecule has 0 unspecified atom stereocenters. The number of likely N-dealkylation sites (tertiary alicyclic amines) is 1. The number of hydrogen-bond donors (Lipinski definition) is 1. The van der Waals surface area contributed by atoms with Crippen molar-refractivity contribution in [3.8, 4) is 6.07 Å². The monoisotopic (exact) mass is 495 g/mol. The Labute approximate surface area is 197 Å². The van der Waals surface area contributed by atoms with Gasteiger partial charge in [0.05, 0.1) is 17.9 Å². The summed E-state index contributed by atoms with van der Waals surface area (Å²) in [5, 5.41) is 11.6. The van der Waals surface area contributed by atoms with Gasteiger partial charge in [-0.05, 0) is 43.4 Å². The van der Waals surface area contributed by atoms with Gasteiger partial charge >= 0.3 is 0 Å². The van der Waals surface area contributed by atoms with E-state index in [1.165, 1.54) is 19.6 Å². The Hall–Kier alpha value is -2.62. The summed E-state index contributed by atoms with van der Waals surface area (Å²) in [4.78, 5) is 27.6. The van der Waals surface area contributed by atoms with Crippen molar-refractivity contribution in [2.24, 2.45) is 11.8 Å². The van der Waals surface area contributed by atoms with E-state index in [0.29, 0.717) is 44.3 Å². The van der Waals surface area contributed by atoms with Crippen LogP contribution in [0.5, 0.6) is 0 Å². The molecule has 3 aliphatic heterocycles. The van der Waals surface area contributed by atoms with Gasteiger partial charge in [0.1, 0.15) is 6.04 Å². The summed E-state index contributed by atoms with van der Waals surface area (Å²) < 4.78 is 54.8. The second-order valence-electron chi connectivity index (χ2n) is 9.00. The summed E-state index contributed by atoms with van der Waals surface area (Å²) in [5.41, 5.74) is 0.404. The Bertz CT molecular complexity index is 1100. The van der Waals surface area contributed by atoms with Crippen molar-refractivity contribution in [2.45, 2.75) is 38.3 Å². The molecule has 3 fully saturated rings. The first-order valence-electron chi connectivity index (χ1n) is 11.4. The summed E-state index contributed by atoms with van der Waals surface area (Å²) in [5.74, 6) is -3.43. The lowest BCUT2D eigenvalue weighted by Gasteiger charge is -2.41. The maximum absolute atomic E-state index is 13.4. The number of carbonyl (C=O) groups is 2. The second-order valence-corrected chi connectivity index (χ2v) is 10.9. The Kier molecular flexibility index (Phi) is 7.16. The van der Waals surface area contributed by atoms with Gasteiger partial charge in [0.2, 0.25) is 11.8 Å². The lowest BCUT2D eigenvalue weighted by atomic mass is 9.97. The van der Waals surface area contributed by atoms with E-state index in [1.54, 1.807) is 0 Å². The van der Waals surface area contributed by atoms with Gasteiger partial charge in [-0.25, -0.2) is 8.78 Å². The fraction of sp³-hybridized carbons (Fsp3) is 0.591. The topological polar surface area (TPSA) is 114 Å². The number of hydrogen-bond acceptors (Lipinski definition) is 5. The maximum Gasteiger partial charge on any atom is 0.282 e. The van der Waals surface area contributed by atoms with E-state index >= 15 is 0 Å². The van der Waals surface area contributed by atoms with Crippen LogP contribution in [0.15, 0.2) is 18.2 Å². The standard InChI is InChI=1S/C22H27F2N5O4S/c23-18-6-5-15(9-19(18)24)11-26-21(30)20-4-2-8-29(20)22(31)17-3-1-7-27(14-17)34(32,33)28-12-16(10-25)13-28/h5-6,9,16-17,20H,1-4,7-8,11-14H2,(H,26,30)/t17-,20+/m0/s1. The minimum Gasteiger partial charge on any atom is -0.350 e. The highest BCUT2D eigenvalue weighted by molar-refractivity contribution is 7.86. The Morgan fingerprint density at radius 3 is 2.50 bits per heavy atom. The summed E-state index contributed by atoms with van der Waals surface area (Å²) in [7, 11) is -3.73. The summed E-state index contributed by atoms with van der Waals surface area (Å²) >= 11 is 0. The summed E-state index contributed by atoms with van der Waals surface area (Å²) in [6.07, 6.45) is 2.19. The van der Waals surface area contributed by atoms with Gasteiger partial charge in [-0.15, -0.1) is 0 Å². The zero-order valence-electron chi connectivity index (χ0n) is 18.6. The molecule has 12 heteroatoms. The molecule has 2 atom stereocenters. The fourth-order valence-electron chi connectivity index (χ4n) is 4.72. The van der Waals surface area contributed by atoms with Crippen LogP contribution in [0.25, 0.3) is 0 Å². The molecule has 184 valence electrons. The normalized spacial score (nSPS) is 24.4. The second kappa shape index (κ2) is 9.93. The third kappa shape index (κ3) is 4.92. The first-order valence-corrected chi connectivity index (χ1v) is 12.8. The third-order valence-electron chi connectivity index (χ3n) is 6.71.